The minimum Gasteiger partial charge on any atom is -0.0579 e. The van der Waals surface area contributed by atoms with Crippen molar-refractivity contribution < 1.29 is 32.3 Å². The molecule has 5 aromatic heterocycles. The van der Waals surface area contributed by atoms with Crippen LogP contribution in [0.3, 0.4) is 0 Å². The van der Waals surface area contributed by atoms with Crippen LogP contribution in [0.1, 0.15) is 66.5 Å². The van der Waals surface area contributed by atoms with Crippen LogP contribution in [0.2, 0.25) is 0 Å². The minimum absolute atomic E-state index is 0.0642. The predicted molar refractivity (Wildman–Crippen MR) is 266 cm³/mol. The molecule has 0 bridgehead atoms. The van der Waals surface area contributed by atoms with Gasteiger partial charge in [-0.05, 0) is 35.0 Å². The van der Waals surface area contributed by atoms with Crippen molar-refractivity contribution in [3.8, 4) is 34.1 Å². The van der Waals surface area contributed by atoms with Crippen LogP contribution < -0.4 is 4.74 Å². The molecule has 12 aromatic rings. The van der Waals surface area contributed by atoms with Crippen LogP contribution in [-0.4, -0.2) is 23.1 Å². The molecule has 5 heterocycles. The second kappa shape index (κ2) is 14.1. The van der Waals surface area contributed by atoms with Crippen LogP contribution in [-0.2, 0) is 37.2 Å². The molecule has 0 saturated carbocycles. The molecule has 322 valence electrons. The summed E-state index contributed by atoms with van der Waals surface area (Å²) in [6.07, 6.45) is 1.70. The number of fused-ring (bicyclic) bond motifs is 10. The molecule has 0 N–H and O–H groups in total. The van der Waals surface area contributed by atoms with Gasteiger partial charge in [0.05, 0.1) is 16.6 Å². The van der Waals surface area contributed by atoms with E-state index >= 15 is 0 Å². The molecule has 0 saturated heterocycles. The Kier molecular flexibility index (Phi) is 7.33. The van der Waals surface area contributed by atoms with Gasteiger partial charge in [0.15, 0.2) is 0 Å². The van der Waals surface area contributed by atoms with Crippen molar-refractivity contribution in [2.45, 2.75) is 59.2 Å². The Balaban J connectivity index is 1.09. The third-order valence-corrected chi connectivity index (χ3v) is 14.2. The Hall–Kier alpha value is -6.75. The van der Waals surface area contributed by atoms with Gasteiger partial charge in [-0.3, -0.25) is 0 Å². The standard InChI is InChI=1S/C58H49N5O.Pt/c1-35-26-55(59-33-48(35)36-20-22-37(23-21-36)57(2,3)4)62-52-30-40(64-41-28-38(58(5,6)7)27-39(29-41)61-34-60(8)50-18-11-12-19-51(50)61)24-25-43(52)46-31-47-45-16-13-15-44-42-14-9-10-17-49(42)63(56(44)45)54(47)32-53(46)62;/h9-33H,1-8H3;/i1D3,8D3;. The number of ether oxygens (including phenoxy) is 1. The Labute approximate surface area is 397 Å². The number of aryl methyl sites for hydroxylation is 2. The van der Waals surface area contributed by atoms with Crippen molar-refractivity contribution in [3.05, 3.63) is 172 Å². The number of hydrogen-bond acceptors (Lipinski definition) is 2. The molecule has 65 heavy (non-hydrogen) atoms. The predicted octanol–water partition coefficient (Wildman–Crippen LogP) is 15.1. The molecule has 0 atom stereocenters. The maximum absolute atomic E-state index is 8.88. The van der Waals surface area contributed by atoms with Crippen molar-refractivity contribution in [1.29, 1.82) is 0 Å². The smallest absolute Gasteiger partial charge is 0.0579 e. The summed E-state index contributed by atoms with van der Waals surface area (Å²) in [5.41, 5.74) is 10.5. The first-order valence-electron chi connectivity index (χ1n) is 24.9. The van der Waals surface area contributed by atoms with Crippen LogP contribution in [0.25, 0.3) is 93.6 Å². The maximum atomic E-state index is 8.88. The van der Waals surface area contributed by atoms with E-state index in [1.165, 1.54) is 20.9 Å². The molecule has 0 aliphatic carbocycles. The van der Waals surface area contributed by atoms with Gasteiger partial charge in [0.25, 0.3) is 0 Å². The summed E-state index contributed by atoms with van der Waals surface area (Å²) in [6.45, 7) is 8.06. The van der Waals surface area contributed by atoms with Crippen LogP contribution >= 0.6 is 0 Å². The molecule has 0 aliphatic heterocycles. The summed E-state index contributed by atoms with van der Waals surface area (Å²) < 4.78 is 67.2. The monoisotopic (exact) mass is 1030 g/mol. The van der Waals surface area contributed by atoms with Crippen molar-refractivity contribution in [3.63, 3.8) is 0 Å². The van der Waals surface area contributed by atoms with Crippen LogP contribution in [0.5, 0.6) is 11.5 Å². The van der Waals surface area contributed by atoms with Crippen molar-refractivity contribution >= 4 is 70.9 Å². The zero-order valence-corrected chi connectivity index (χ0v) is 39.2. The number of nitrogens with zero attached hydrogens (tertiary/aromatic N) is 5. The first kappa shape index (κ1) is 33.7. The molecule has 0 radical (unpaired) electrons. The Morgan fingerprint density at radius 2 is 1.22 bits per heavy atom. The summed E-state index contributed by atoms with van der Waals surface area (Å²) in [5, 5.41) is 6.60. The number of imidazole rings is 1. The summed E-state index contributed by atoms with van der Waals surface area (Å²) in [5.74, 6) is 1.60. The molecular formula is C58H49N5OPt. The third kappa shape index (κ3) is 6.10. The molecule has 0 unspecified atom stereocenters. The normalized spacial score (nSPS) is 14.5. The summed E-state index contributed by atoms with van der Waals surface area (Å²) in [6, 6.07) is 49.0. The van der Waals surface area contributed by atoms with Gasteiger partial charge in [-0.25, -0.2) is 0 Å². The molecule has 0 aliphatic rings. The first-order chi connectivity index (χ1) is 33.6. The van der Waals surface area contributed by atoms with E-state index in [2.05, 4.69) is 149 Å². The SMILES string of the molecule is [2H]C([2H])([2H])c1cc(-n2c3cc(Oc4cc(-n5[c](=[Pt])n(C([2H])([2H])[2H])c6ccccc65)cc(C(C)(C)C)c4)ccc3c3cc4c5cccc6c7ccccc7n(c4cc32)c65)ncc1-c1ccc(C(C)(C)C)cc1. The fraction of sp³-hybridized carbons (Fsp3) is 0.172. The summed E-state index contributed by atoms with van der Waals surface area (Å²) in [4.78, 5) is 5.12. The summed E-state index contributed by atoms with van der Waals surface area (Å²) >= 11 is 2.11. The van der Waals surface area contributed by atoms with E-state index in [1.54, 1.807) is 12.3 Å². The van der Waals surface area contributed by atoms with Crippen molar-refractivity contribution in [2.75, 3.05) is 0 Å². The van der Waals surface area contributed by atoms with Gasteiger partial charge < -0.3 is 4.40 Å². The van der Waals surface area contributed by atoms with Gasteiger partial charge in [-0.1, -0.05) is 81.4 Å². The van der Waals surface area contributed by atoms with Gasteiger partial charge in [-0.2, -0.15) is 0 Å². The van der Waals surface area contributed by atoms with Crippen LogP contribution in [0, 0.1) is 10.7 Å². The van der Waals surface area contributed by atoms with Crippen LogP contribution in [0.15, 0.2) is 152 Å². The Morgan fingerprint density at radius 3 is 1.97 bits per heavy atom. The topological polar surface area (TPSA) is 41.3 Å². The van der Waals surface area contributed by atoms with E-state index in [0.717, 1.165) is 71.5 Å². The molecule has 0 fully saturated rings. The van der Waals surface area contributed by atoms with Gasteiger partial charge in [0, 0.05) is 37.4 Å². The second-order valence-corrected chi connectivity index (χ2v) is 20.4. The number of benzene rings is 7. The fourth-order valence-electron chi connectivity index (χ4n) is 9.88. The van der Waals surface area contributed by atoms with E-state index < -0.39 is 13.8 Å². The van der Waals surface area contributed by atoms with Gasteiger partial charge in [0.2, 0.25) is 0 Å². The molecule has 0 amide bonds. The third-order valence-electron chi connectivity index (χ3n) is 13.2. The number of rotatable bonds is 5. The zero-order valence-electron chi connectivity index (χ0n) is 42.9. The molecule has 6 nitrogen and oxygen atoms in total. The Bertz CT molecular complexity index is 4220. The van der Waals surface area contributed by atoms with E-state index in [1.807, 2.05) is 65.2 Å². The number of hydrogen-bond donors (Lipinski definition) is 0. The second-order valence-electron chi connectivity index (χ2n) is 19.3. The number of para-hydroxylation sites is 4. The quantitative estimate of drug-likeness (QED) is 0.172. The fourth-order valence-corrected chi connectivity index (χ4v) is 10.7. The minimum atomic E-state index is -2.46. The van der Waals surface area contributed by atoms with Crippen molar-refractivity contribution in [2.24, 2.45) is 6.98 Å². The van der Waals surface area contributed by atoms with Gasteiger partial charge >= 0.3 is 224 Å². The molecule has 7 aromatic carbocycles. The van der Waals surface area contributed by atoms with Crippen LogP contribution in [0.4, 0.5) is 0 Å². The number of aromatic nitrogens is 5. The van der Waals surface area contributed by atoms with E-state index in [9.17, 15) is 0 Å². The average molecular weight is 1030 g/mol. The van der Waals surface area contributed by atoms with E-state index in [4.69, 9.17) is 17.9 Å². The van der Waals surface area contributed by atoms with Gasteiger partial charge in [0.1, 0.15) is 0 Å². The average Bonchev–Trinajstić information content (AvgIpc) is 4.03. The molecule has 0 spiro atoms. The Morgan fingerprint density at radius 1 is 0.538 bits per heavy atom. The van der Waals surface area contributed by atoms with Gasteiger partial charge in [-0.15, -0.1) is 0 Å². The molecule has 7 heteroatoms. The molecular weight excluding hydrogens is 978 g/mol. The van der Waals surface area contributed by atoms with E-state index in [-0.39, 0.29) is 16.4 Å². The summed E-state index contributed by atoms with van der Waals surface area (Å²) in [7, 11) is 0. The zero-order chi connectivity index (χ0) is 49.7. The molecule has 12 rings (SSSR count). The number of pyridine rings is 1. The van der Waals surface area contributed by atoms with Crippen molar-refractivity contribution in [1.82, 2.24) is 23.1 Å². The first-order valence-corrected chi connectivity index (χ1v) is 23.1. The van der Waals surface area contributed by atoms with E-state index in [0.29, 0.717) is 32.2 Å².